The van der Waals surface area contributed by atoms with Gasteiger partial charge in [-0.2, -0.15) is 0 Å². The topological polar surface area (TPSA) is 122 Å². The lowest BCUT2D eigenvalue weighted by atomic mass is 10.1. The molecule has 0 saturated heterocycles. The average molecular weight is 245 g/mol. The zero-order valence-corrected chi connectivity index (χ0v) is 9.86. The normalized spacial score (nSPS) is 11.6. The molecule has 0 saturated carbocycles. The van der Waals surface area contributed by atoms with Crippen LogP contribution in [0.2, 0.25) is 0 Å². The molecule has 7 heteroatoms. The lowest BCUT2D eigenvalue weighted by Crippen LogP contribution is -2.46. The van der Waals surface area contributed by atoms with E-state index in [1.54, 1.807) is 0 Å². The molecule has 0 aliphatic heterocycles. The van der Waals surface area contributed by atoms with E-state index in [1.165, 1.54) is 0 Å². The van der Waals surface area contributed by atoms with Crippen molar-refractivity contribution in [3.8, 4) is 0 Å². The number of aliphatic carboxylic acids is 1. The first-order valence-electron chi connectivity index (χ1n) is 5.52. The van der Waals surface area contributed by atoms with Crippen LogP contribution in [0.1, 0.15) is 32.6 Å². The molecule has 0 unspecified atom stereocenters. The van der Waals surface area contributed by atoms with Gasteiger partial charge in [0.15, 0.2) is 0 Å². The molecule has 1 atom stereocenters. The molecule has 3 amide bonds. The fraction of sp³-hybridized carbons (Fsp3) is 0.700. The summed E-state index contributed by atoms with van der Waals surface area (Å²) in [4.78, 5) is 32.5. The van der Waals surface area contributed by atoms with Crippen molar-refractivity contribution in [3.63, 3.8) is 0 Å². The minimum atomic E-state index is -1.07. The number of nitrogens with one attached hydrogen (secondary N) is 2. The van der Waals surface area contributed by atoms with Crippen LogP contribution in [0.4, 0.5) is 4.79 Å². The quantitative estimate of drug-likeness (QED) is 0.473. The summed E-state index contributed by atoms with van der Waals surface area (Å²) in [6.45, 7) is 2.03. The number of hydrogen-bond acceptors (Lipinski definition) is 3. The first kappa shape index (κ1) is 15.2. The number of amides is 3. The molecule has 17 heavy (non-hydrogen) atoms. The third-order valence-corrected chi connectivity index (χ3v) is 2.11. The highest BCUT2D eigenvalue weighted by molar-refractivity contribution is 5.82. The van der Waals surface area contributed by atoms with Gasteiger partial charge in [-0.25, -0.2) is 9.59 Å². The fourth-order valence-electron chi connectivity index (χ4n) is 1.17. The first-order chi connectivity index (χ1) is 7.97. The summed E-state index contributed by atoms with van der Waals surface area (Å²) in [5.74, 6) is -1.59. The Kier molecular flexibility index (Phi) is 7.49. The van der Waals surface area contributed by atoms with Crippen molar-refractivity contribution >= 4 is 17.9 Å². The zero-order valence-electron chi connectivity index (χ0n) is 9.86. The van der Waals surface area contributed by atoms with E-state index in [-0.39, 0.29) is 13.0 Å². The Morgan fingerprint density at radius 3 is 2.47 bits per heavy atom. The number of carboxylic acids is 1. The van der Waals surface area contributed by atoms with E-state index in [0.717, 1.165) is 12.8 Å². The highest BCUT2D eigenvalue weighted by atomic mass is 16.4. The van der Waals surface area contributed by atoms with Gasteiger partial charge in [0.05, 0.1) is 0 Å². The smallest absolute Gasteiger partial charge is 0.326 e. The monoisotopic (exact) mass is 245 g/mol. The molecule has 0 spiro atoms. The van der Waals surface area contributed by atoms with Crippen LogP contribution in [-0.2, 0) is 9.59 Å². The third kappa shape index (κ3) is 8.06. The van der Waals surface area contributed by atoms with Gasteiger partial charge in [-0.05, 0) is 6.42 Å². The van der Waals surface area contributed by atoms with Crippen LogP contribution in [0, 0.1) is 0 Å². The molecule has 0 aromatic rings. The van der Waals surface area contributed by atoms with Crippen LogP contribution in [0.15, 0.2) is 0 Å². The summed E-state index contributed by atoms with van der Waals surface area (Å²) in [7, 11) is 0. The van der Waals surface area contributed by atoms with Gasteiger partial charge in [-0.15, -0.1) is 0 Å². The summed E-state index contributed by atoms with van der Waals surface area (Å²) in [5, 5.41) is 13.5. The van der Waals surface area contributed by atoms with Gasteiger partial charge in [0, 0.05) is 13.0 Å². The van der Waals surface area contributed by atoms with E-state index in [9.17, 15) is 14.4 Å². The van der Waals surface area contributed by atoms with Gasteiger partial charge < -0.3 is 21.5 Å². The van der Waals surface area contributed by atoms with Crippen molar-refractivity contribution in [2.24, 2.45) is 5.73 Å². The fourth-order valence-corrected chi connectivity index (χ4v) is 1.17. The Balaban J connectivity index is 3.95. The van der Waals surface area contributed by atoms with Crippen molar-refractivity contribution in [3.05, 3.63) is 0 Å². The van der Waals surface area contributed by atoms with Crippen molar-refractivity contribution in [2.45, 2.75) is 38.6 Å². The second-order valence-corrected chi connectivity index (χ2v) is 3.65. The largest absolute Gasteiger partial charge is 0.480 e. The van der Waals surface area contributed by atoms with Gasteiger partial charge in [0.2, 0.25) is 5.91 Å². The van der Waals surface area contributed by atoms with Crippen LogP contribution in [-0.4, -0.2) is 35.6 Å². The number of hydrogen-bond donors (Lipinski definition) is 4. The Hall–Kier alpha value is -1.79. The summed E-state index contributed by atoms with van der Waals surface area (Å²) < 4.78 is 0. The standard InChI is InChI=1S/C10H19N3O4/c1-2-3-4-7(9(15)16)13-10(17)12-6-5-8(11)14/h7H,2-6H2,1H3,(H2,11,14)(H,15,16)(H2,12,13,17)/t7-/m0/s1. The van der Waals surface area contributed by atoms with E-state index in [4.69, 9.17) is 10.8 Å². The number of rotatable bonds is 8. The Bertz CT molecular complexity index is 281. The molecule has 0 aromatic heterocycles. The number of unbranched alkanes of at least 4 members (excludes halogenated alkanes) is 1. The van der Waals surface area contributed by atoms with E-state index in [1.807, 2.05) is 6.92 Å². The number of urea groups is 1. The highest BCUT2D eigenvalue weighted by Gasteiger charge is 2.18. The number of carboxylic acid groups (broad SMARTS) is 1. The summed E-state index contributed by atoms with van der Waals surface area (Å²) >= 11 is 0. The molecular weight excluding hydrogens is 226 g/mol. The molecule has 0 rings (SSSR count). The summed E-state index contributed by atoms with van der Waals surface area (Å²) in [5.41, 5.74) is 4.89. The van der Waals surface area contributed by atoms with Crippen molar-refractivity contribution in [1.29, 1.82) is 0 Å². The predicted octanol–water partition coefficient (Wildman–Crippen LogP) is -0.196. The minimum absolute atomic E-state index is 0.0279. The number of carbonyl (C=O) groups is 3. The Morgan fingerprint density at radius 2 is 2.00 bits per heavy atom. The molecule has 7 nitrogen and oxygen atoms in total. The van der Waals surface area contributed by atoms with Crippen LogP contribution in [0.3, 0.4) is 0 Å². The number of nitrogens with two attached hydrogens (primary N) is 1. The molecular formula is C10H19N3O4. The lowest BCUT2D eigenvalue weighted by molar-refractivity contribution is -0.139. The van der Waals surface area contributed by atoms with Crippen LogP contribution >= 0.6 is 0 Å². The van der Waals surface area contributed by atoms with Gasteiger partial charge in [0.1, 0.15) is 6.04 Å². The van der Waals surface area contributed by atoms with Crippen LogP contribution in [0.5, 0.6) is 0 Å². The van der Waals surface area contributed by atoms with Gasteiger partial charge in [-0.1, -0.05) is 19.8 Å². The molecule has 0 bridgehead atoms. The van der Waals surface area contributed by atoms with E-state index in [2.05, 4.69) is 10.6 Å². The molecule has 0 heterocycles. The summed E-state index contributed by atoms with van der Waals surface area (Å²) in [6.07, 6.45) is 1.99. The number of primary amides is 1. The lowest BCUT2D eigenvalue weighted by Gasteiger charge is -2.14. The average Bonchev–Trinajstić information content (AvgIpc) is 2.23. The minimum Gasteiger partial charge on any atom is -0.480 e. The predicted molar refractivity (Wildman–Crippen MR) is 61.3 cm³/mol. The van der Waals surface area contributed by atoms with E-state index < -0.39 is 23.9 Å². The van der Waals surface area contributed by atoms with Crippen LogP contribution < -0.4 is 16.4 Å². The van der Waals surface area contributed by atoms with Gasteiger partial charge in [0.25, 0.3) is 0 Å². The van der Waals surface area contributed by atoms with Gasteiger partial charge >= 0.3 is 12.0 Å². The molecule has 5 N–H and O–H groups in total. The molecule has 0 fully saturated rings. The molecule has 0 aromatic carbocycles. The maximum atomic E-state index is 11.3. The Labute approximate surface area is 99.7 Å². The van der Waals surface area contributed by atoms with E-state index >= 15 is 0 Å². The van der Waals surface area contributed by atoms with Crippen LogP contribution in [0.25, 0.3) is 0 Å². The van der Waals surface area contributed by atoms with Crippen molar-refractivity contribution < 1.29 is 19.5 Å². The SMILES string of the molecule is CCCC[C@H](NC(=O)NCCC(N)=O)C(=O)O. The molecule has 0 aliphatic carbocycles. The summed E-state index contributed by atoms with van der Waals surface area (Å²) in [6, 6.07) is -1.50. The van der Waals surface area contributed by atoms with Crippen molar-refractivity contribution in [1.82, 2.24) is 10.6 Å². The highest BCUT2D eigenvalue weighted by Crippen LogP contribution is 2.00. The molecule has 0 radical (unpaired) electrons. The zero-order chi connectivity index (χ0) is 13.3. The second-order valence-electron chi connectivity index (χ2n) is 3.65. The molecule has 98 valence electrons. The van der Waals surface area contributed by atoms with E-state index in [0.29, 0.717) is 6.42 Å². The number of carbonyl (C=O) groups excluding carboxylic acids is 2. The first-order valence-corrected chi connectivity index (χ1v) is 5.52. The maximum absolute atomic E-state index is 11.3. The Morgan fingerprint density at radius 1 is 1.35 bits per heavy atom. The maximum Gasteiger partial charge on any atom is 0.326 e. The van der Waals surface area contributed by atoms with Crippen molar-refractivity contribution in [2.75, 3.05) is 6.54 Å². The molecule has 0 aliphatic rings. The van der Waals surface area contributed by atoms with Gasteiger partial charge in [-0.3, -0.25) is 4.79 Å². The second kappa shape index (κ2) is 8.37. The third-order valence-electron chi connectivity index (χ3n) is 2.11.